The summed E-state index contributed by atoms with van der Waals surface area (Å²) in [6.45, 7) is 2.53. The van der Waals surface area contributed by atoms with E-state index in [1.807, 2.05) is 31.2 Å². The molecule has 0 aliphatic heterocycles. The van der Waals surface area contributed by atoms with Crippen molar-refractivity contribution < 1.29 is 14.3 Å². The highest BCUT2D eigenvalue weighted by Crippen LogP contribution is 2.25. The molecule has 0 unspecified atom stereocenters. The van der Waals surface area contributed by atoms with Crippen LogP contribution in [-0.2, 0) is 9.53 Å². The molecule has 0 saturated heterocycles. The van der Waals surface area contributed by atoms with Gasteiger partial charge in [0.25, 0.3) is 0 Å². The zero-order valence-electron chi connectivity index (χ0n) is 11.0. The zero-order chi connectivity index (χ0) is 13.4. The summed E-state index contributed by atoms with van der Waals surface area (Å²) in [6, 6.07) is 7.74. The van der Waals surface area contributed by atoms with Crippen LogP contribution in [-0.4, -0.2) is 19.7 Å². The number of hydrogen-bond donors (Lipinski definition) is 1. The highest BCUT2D eigenvalue weighted by Gasteiger charge is 2.09. The molecule has 18 heavy (non-hydrogen) atoms. The fourth-order valence-corrected chi connectivity index (χ4v) is 1.64. The Balaban J connectivity index is 2.49. The number of nitrogens with two attached hydrogens (primary N) is 1. The number of ether oxygens (including phenoxy) is 2. The van der Waals surface area contributed by atoms with E-state index in [1.54, 1.807) is 0 Å². The van der Waals surface area contributed by atoms with E-state index in [-0.39, 0.29) is 12.0 Å². The van der Waals surface area contributed by atoms with E-state index >= 15 is 0 Å². The first-order valence-corrected chi connectivity index (χ1v) is 6.23. The van der Waals surface area contributed by atoms with Gasteiger partial charge in [-0.1, -0.05) is 25.1 Å². The Kier molecular flexibility index (Phi) is 6.22. The van der Waals surface area contributed by atoms with Crippen LogP contribution in [0.2, 0.25) is 0 Å². The quantitative estimate of drug-likeness (QED) is 0.597. The maximum absolute atomic E-state index is 10.9. The lowest BCUT2D eigenvalue weighted by molar-refractivity contribution is -0.140. The maximum Gasteiger partial charge on any atom is 0.305 e. The molecule has 0 radical (unpaired) electrons. The number of para-hydroxylation sites is 1. The molecule has 2 N–H and O–H groups in total. The van der Waals surface area contributed by atoms with Crippen molar-refractivity contribution in [3.8, 4) is 5.75 Å². The number of carbonyl (C=O) groups is 1. The lowest BCUT2D eigenvalue weighted by Gasteiger charge is -2.15. The Morgan fingerprint density at radius 1 is 1.39 bits per heavy atom. The topological polar surface area (TPSA) is 61.5 Å². The fourth-order valence-electron chi connectivity index (χ4n) is 1.64. The molecule has 0 aliphatic rings. The average Bonchev–Trinajstić information content (AvgIpc) is 2.42. The van der Waals surface area contributed by atoms with Gasteiger partial charge in [-0.15, -0.1) is 0 Å². The number of carbonyl (C=O) groups excluding carboxylic acids is 1. The molecule has 0 amide bonds. The van der Waals surface area contributed by atoms with Crippen molar-refractivity contribution in [1.82, 2.24) is 0 Å². The van der Waals surface area contributed by atoms with Gasteiger partial charge in [0.05, 0.1) is 13.7 Å². The third kappa shape index (κ3) is 4.37. The molecule has 1 atom stereocenters. The summed E-state index contributed by atoms with van der Waals surface area (Å²) in [5, 5.41) is 0. The summed E-state index contributed by atoms with van der Waals surface area (Å²) in [6.07, 6.45) is 1.88. The summed E-state index contributed by atoms with van der Waals surface area (Å²) in [4.78, 5) is 10.9. The van der Waals surface area contributed by atoms with Crippen molar-refractivity contribution in [3.63, 3.8) is 0 Å². The molecule has 4 nitrogen and oxygen atoms in total. The summed E-state index contributed by atoms with van der Waals surface area (Å²) in [5.41, 5.74) is 7.03. The van der Waals surface area contributed by atoms with Crippen LogP contribution in [0.15, 0.2) is 24.3 Å². The molecule has 0 aromatic heterocycles. The first-order chi connectivity index (χ1) is 8.69. The first-order valence-electron chi connectivity index (χ1n) is 6.23. The largest absolute Gasteiger partial charge is 0.493 e. The van der Waals surface area contributed by atoms with Crippen LogP contribution in [0.25, 0.3) is 0 Å². The SMILES string of the molecule is CC[C@@H](N)c1ccccc1OCCCC(=O)OC. The summed E-state index contributed by atoms with van der Waals surface area (Å²) in [5.74, 6) is 0.592. The highest BCUT2D eigenvalue weighted by molar-refractivity contribution is 5.69. The van der Waals surface area contributed by atoms with Gasteiger partial charge in [-0.3, -0.25) is 4.79 Å². The third-order valence-electron chi connectivity index (χ3n) is 2.77. The van der Waals surface area contributed by atoms with Crippen molar-refractivity contribution in [2.75, 3.05) is 13.7 Å². The smallest absolute Gasteiger partial charge is 0.305 e. The first kappa shape index (κ1) is 14.5. The Labute approximate surface area is 108 Å². The van der Waals surface area contributed by atoms with Crippen LogP contribution in [0.5, 0.6) is 5.75 Å². The van der Waals surface area contributed by atoms with Gasteiger partial charge in [-0.2, -0.15) is 0 Å². The predicted octanol–water partition coefficient (Wildman–Crippen LogP) is 2.43. The van der Waals surface area contributed by atoms with Gasteiger partial charge in [0.1, 0.15) is 5.75 Å². The van der Waals surface area contributed by atoms with Gasteiger partial charge in [0, 0.05) is 18.0 Å². The molecule has 1 aromatic carbocycles. The molecule has 1 rings (SSSR count). The molecule has 1 aromatic rings. The van der Waals surface area contributed by atoms with E-state index in [0.717, 1.165) is 17.7 Å². The maximum atomic E-state index is 10.9. The minimum absolute atomic E-state index is 0.0122. The number of esters is 1. The van der Waals surface area contributed by atoms with Crippen LogP contribution in [0, 0.1) is 0 Å². The molecule has 0 fully saturated rings. The van der Waals surface area contributed by atoms with Crippen LogP contribution in [0.4, 0.5) is 0 Å². The van der Waals surface area contributed by atoms with E-state index in [2.05, 4.69) is 4.74 Å². The molecule has 0 bridgehead atoms. The fraction of sp³-hybridized carbons (Fsp3) is 0.500. The van der Waals surface area contributed by atoms with Gasteiger partial charge < -0.3 is 15.2 Å². The molecular weight excluding hydrogens is 230 g/mol. The highest BCUT2D eigenvalue weighted by atomic mass is 16.5. The molecule has 0 heterocycles. The van der Waals surface area contributed by atoms with E-state index < -0.39 is 0 Å². The average molecular weight is 251 g/mol. The standard InChI is InChI=1S/C14H21NO3/c1-3-12(15)11-7-4-5-8-13(11)18-10-6-9-14(16)17-2/h4-5,7-8,12H,3,6,9-10,15H2,1-2H3/t12-/m1/s1. The Bertz CT molecular complexity index is 379. The molecule has 0 saturated carbocycles. The second-order valence-electron chi connectivity index (χ2n) is 4.08. The van der Waals surface area contributed by atoms with E-state index in [0.29, 0.717) is 19.4 Å². The lowest BCUT2D eigenvalue weighted by atomic mass is 10.0. The van der Waals surface area contributed by atoms with Crippen LogP contribution in [0.1, 0.15) is 37.8 Å². The molecule has 100 valence electrons. The van der Waals surface area contributed by atoms with E-state index in [4.69, 9.17) is 10.5 Å². The lowest BCUT2D eigenvalue weighted by Crippen LogP contribution is -2.11. The van der Waals surface area contributed by atoms with Crippen LogP contribution >= 0.6 is 0 Å². The van der Waals surface area contributed by atoms with Crippen molar-refractivity contribution in [2.24, 2.45) is 5.73 Å². The van der Waals surface area contributed by atoms with Gasteiger partial charge in [0.15, 0.2) is 0 Å². The summed E-state index contributed by atoms with van der Waals surface area (Å²) >= 11 is 0. The van der Waals surface area contributed by atoms with Crippen molar-refractivity contribution in [2.45, 2.75) is 32.2 Å². The Hall–Kier alpha value is -1.55. The second-order valence-corrected chi connectivity index (χ2v) is 4.08. The minimum Gasteiger partial charge on any atom is -0.493 e. The second kappa shape index (κ2) is 7.71. The Morgan fingerprint density at radius 2 is 2.11 bits per heavy atom. The Morgan fingerprint density at radius 3 is 2.78 bits per heavy atom. The zero-order valence-corrected chi connectivity index (χ0v) is 11.0. The number of methoxy groups -OCH3 is 1. The van der Waals surface area contributed by atoms with Gasteiger partial charge in [-0.05, 0) is 18.9 Å². The number of hydrogen-bond acceptors (Lipinski definition) is 4. The molecular formula is C14H21NO3. The van der Waals surface area contributed by atoms with Crippen molar-refractivity contribution in [1.29, 1.82) is 0 Å². The van der Waals surface area contributed by atoms with Gasteiger partial charge in [0.2, 0.25) is 0 Å². The third-order valence-corrected chi connectivity index (χ3v) is 2.77. The normalized spacial score (nSPS) is 11.9. The van der Waals surface area contributed by atoms with Crippen molar-refractivity contribution >= 4 is 5.97 Å². The van der Waals surface area contributed by atoms with Crippen molar-refractivity contribution in [3.05, 3.63) is 29.8 Å². The van der Waals surface area contributed by atoms with Gasteiger partial charge in [-0.25, -0.2) is 0 Å². The molecule has 0 spiro atoms. The van der Waals surface area contributed by atoms with E-state index in [9.17, 15) is 4.79 Å². The summed E-state index contributed by atoms with van der Waals surface area (Å²) < 4.78 is 10.2. The summed E-state index contributed by atoms with van der Waals surface area (Å²) in [7, 11) is 1.39. The van der Waals surface area contributed by atoms with Crippen LogP contribution < -0.4 is 10.5 Å². The van der Waals surface area contributed by atoms with Gasteiger partial charge >= 0.3 is 5.97 Å². The predicted molar refractivity (Wildman–Crippen MR) is 70.4 cm³/mol. The molecule has 4 heteroatoms. The minimum atomic E-state index is -0.211. The number of rotatable bonds is 7. The monoisotopic (exact) mass is 251 g/mol. The molecule has 0 aliphatic carbocycles. The number of benzene rings is 1. The van der Waals surface area contributed by atoms with E-state index in [1.165, 1.54) is 7.11 Å². The van der Waals surface area contributed by atoms with Crippen LogP contribution in [0.3, 0.4) is 0 Å².